The van der Waals surface area contributed by atoms with Gasteiger partial charge in [0.15, 0.2) is 0 Å². The molecule has 0 spiro atoms. The number of rotatable bonds is 6. The summed E-state index contributed by atoms with van der Waals surface area (Å²) >= 11 is 3.38. The fraction of sp³-hybridized carbons (Fsp3) is 0.176. The van der Waals surface area contributed by atoms with E-state index in [-0.39, 0.29) is 12.5 Å². The highest BCUT2D eigenvalue weighted by Crippen LogP contribution is 2.22. The molecule has 0 saturated heterocycles. The van der Waals surface area contributed by atoms with Gasteiger partial charge < -0.3 is 10.1 Å². The summed E-state index contributed by atoms with van der Waals surface area (Å²) < 4.78 is 6.22. The number of nitrogens with one attached hydrogen (secondary N) is 2. The van der Waals surface area contributed by atoms with Crippen LogP contribution in [0.15, 0.2) is 58.1 Å². The Kier molecular flexibility index (Phi) is 6.17. The van der Waals surface area contributed by atoms with Crippen LogP contribution in [-0.2, 0) is 4.79 Å². The monoisotopic (exact) mass is 375 g/mol. The molecule has 0 atom stereocenters. The number of nitrogens with zero attached hydrogens (tertiary/aromatic N) is 1. The van der Waals surface area contributed by atoms with Gasteiger partial charge in [-0.15, -0.1) is 0 Å². The average molecular weight is 376 g/mol. The summed E-state index contributed by atoms with van der Waals surface area (Å²) in [5.41, 5.74) is 4.99. The SMILES string of the molecule is COc1ccccc1NCC(=O)N/N=C(/C)c1ccc(Br)cc1. The lowest BCUT2D eigenvalue weighted by Crippen LogP contribution is -2.26. The predicted molar refractivity (Wildman–Crippen MR) is 96.0 cm³/mol. The van der Waals surface area contributed by atoms with Crippen molar-refractivity contribution in [2.75, 3.05) is 19.0 Å². The molecule has 5 nitrogen and oxygen atoms in total. The van der Waals surface area contributed by atoms with Crippen molar-refractivity contribution in [3.63, 3.8) is 0 Å². The Balaban J connectivity index is 1.89. The molecule has 23 heavy (non-hydrogen) atoms. The summed E-state index contributed by atoms with van der Waals surface area (Å²) in [4.78, 5) is 11.9. The number of para-hydroxylation sites is 2. The number of methoxy groups -OCH3 is 1. The third-order valence-electron chi connectivity index (χ3n) is 3.16. The second kappa shape index (κ2) is 8.33. The van der Waals surface area contributed by atoms with Gasteiger partial charge in [0, 0.05) is 4.47 Å². The highest BCUT2D eigenvalue weighted by Gasteiger charge is 2.04. The molecule has 2 rings (SSSR count). The number of hydrogen-bond acceptors (Lipinski definition) is 4. The van der Waals surface area contributed by atoms with E-state index in [2.05, 4.69) is 31.8 Å². The van der Waals surface area contributed by atoms with Gasteiger partial charge in [0.1, 0.15) is 5.75 Å². The molecule has 0 bridgehead atoms. The van der Waals surface area contributed by atoms with E-state index in [4.69, 9.17) is 4.74 Å². The second-order valence-corrected chi connectivity index (χ2v) is 5.71. The molecule has 0 aromatic heterocycles. The van der Waals surface area contributed by atoms with Gasteiger partial charge in [0.2, 0.25) is 0 Å². The highest BCUT2D eigenvalue weighted by molar-refractivity contribution is 9.10. The summed E-state index contributed by atoms with van der Waals surface area (Å²) in [6, 6.07) is 15.1. The number of ether oxygens (including phenoxy) is 1. The standard InChI is InChI=1S/C17H18BrN3O2/c1-12(13-7-9-14(18)10-8-13)20-21-17(22)11-19-15-5-3-4-6-16(15)23-2/h3-10,19H,11H2,1-2H3,(H,21,22)/b20-12-. The lowest BCUT2D eigenvalue weighted by molar-refractivity contribution is -0.119. The van der Waals surface area contributed by atoms with Gasteiger partial charge in [0.25, 0.3) is 5.91 Å². The Morgan fingerprint density at radius 3 is 2.57 bits per heavy atom. The molecule has 0 aliphatic heterocycles. The molecule has 2 aromatic rings. The van der Waals surface area contributed by atoms with Gasteiger partial charge in [-0.05, 0) is 36.8 Å². The Morgan fingerprint density at radius 2 is 1.87 bits per heavy atom. The summed E-state index contributed by atoms with van der Waals surface area (Å²) in [7, 11) is 1.59. The van der Waals surface area contributed by atoms with Crippen LogP contribution in [0.25, 0.3) is 0 Å². The van der Waals surface area contributed by atoms with E-state index in [1.54, 1.807) is 7.11 Å². The second-order valence-electron chi connectivity index (χ2n) is 4.79. The van der Waals surface area contributed by atoms with Crippen molar-refractivity contribution in [3.8, 4) is 5.75 Å². The minimum absolute atomic E-state index is 0.109. The van der Waals surface area contributed by atoms with Gasteiger partial charge in [-0.2, -0.15) is 5.10 Å². The number of carbonyl (C=O) groups excluding carboxylic acids is 1. The quantitative estimate of drug-likeness (QED) is 0.600. The zero-order chi connectivity index (χ0) is 16.7. The van der Waals surface area contributed by atoms with Crippen molar-refractivity contribution in [1.82, 2.24) is 5.43 Å². The molecule has 6 heteroatoms. The molecule has 0 radical (unpaired) electrons. The fourth-order valence-corrected chi connectivity index (χ4v) is 2.17. The molecule has 0 unspecified atom stereocenters. The van der Waals surface area contributed by atoms with E-state index in [0.717, 1.165) is 21.4 Å². The van der Waals surface area contributed by atoms with E-state index in [0.29, 0.717) is 5.75 Å². The maximum Gasteiger partial charge on any atom is 0.259 e. The molecule has 0 fully saturated rings. The minimum atomic E-state index is -0.229. The molecule has 0 heterocycles. The van der Waals surface area contributed by atoms with E-state index in [9.17, 15) is 4.79 Å². The van der Waals surface area contributed by atoms with Crippen LogP contribution in [0, 0.1) is 0 Å². The van der Waals surface area contributed by atoms with Crippen LogP contribution >= 0.6 is 15.9 Å². The lowest BCUT2D eigenvalue weighted by atomic mass is 10.1. The van der Waals surface area contributed by atoms with Crippen LogP contribution in [-0.4, -0.2) is 25.3 Å². The number of anilines is 1. The predicted octanol–water partition coefficient (Wildman–Crippen LogP) is 3.41. The molecule has 0 aliphatic rings. The number of benzene rings is 2. The first-order valence-electron chi connectivity index (χ1n) is 7.06. The summed E-state index contributed by atoms with van der Waals surface area (Å²) in [6.45, 7) is 1.95. The van der Waals surface area contributed by atoms with Crippen molar-refractivity contribution in [3.05, 3.63) is 58.6 Å². The van der Waals surface area contributed by atoms with E-state index in [1.165, 1.54) is 0 Å². The van der Waals surface area contributed by atoms with Gasteiger partial charge in [-0.3, -0.25) is 4.79 Å². The zero-order valence-corrected chi connectivity index (χ0v) is 14.6. The van der Waals surface area contributed by atoms with Crippen molar-refractivity contribution >= 4 is 33.2 Å². The third kappa shape index (κ3) is 5.10. The number of amides is 1. The first kappa shape index (κ1) is 17.0. The molecule has 0 aliphatic carbocycles. The van der Waals surface area contributed by atoms with Crippen molar-refractivity contribution < 1.29 is 9.53 Å². The van der Waals surface area contributed by atoms with Crippen LogP contribution < -0.4 is 15.5 Å². The Hall–Kier alpha value is -2.34. The first-order chi connectivity index (χ1) is 11.1. The van der Waals surface area contributed by atoms with Crippen LogP contribution in [0.4, 0.5) is 5.69 Å². The van der Waals surface area contributed by atoms with Crippen LogP contribution in [0.1, 0.15) is 12.5 Å². The Morgan fingerprint density at radius 1 is 1.17 bits per heavy atom. The third-order valence-corrected chi connectivity index (χ3v) is 3.69. The van der Waals surface area contributed by atoms with Crippen LogP contribution in [0.3, 0.4) is 0 Å². The van der Waals surface area contributed by atoms with Crippen LogP contribution in [0.5, 0.6) is 5.75 Å². The molecule has 1 amide bonds. The van der Waals surface area contributed by atoms with Crippen LogP contribution in [0.2, 0.25) is 0 Å². The highest BCUT2D eigenvalue weighted by atomic mass is 79.9. The molecule has 2 N–H and O–H groups in total. The zero-order valence-electron chi connectivity index (χ0n) is 13.0. The van der Waals surface area contributed by atoms with Crippen molar-refractivity contribution in [1.29, 1.82) is 0 Å². The smallest absolute Gasteiger partial charge is 0.259 e. The number of carbonyl (C=O) groups is 1. The molecular weight excluding hydrogens is 358 g/mol. The van der Waals surface area contributed by atoms with E-state index < -0.39 is 0 Å². The first-order valence-corrected chi connectivity index (χ1v) is 7.85. The minimum Gasteiger partial charge on any atom is -0.495 e. The Bertz CT molecular complexity index is 699. The largest absolute Gasteiger partial charge is 0.495 e. The topological polar surface area (TPSA) is 62.7 Å². The van der Waals surface area contributed by atoms with Gasteiger partial charge in [-0.1, -0.05) is 40.2 Å². The van der Waals surface area contributed by atoms with Gasteiger partial charge >= 0.3 is 0 Å². The van der Waals surface area contributed by atoms with E-state index >= 15 is 0 Å². The molecular formula is C17H18BrN3O2. The lowest BCUT2D eigenvalue weighted by Gasteiger charge is -2.10. The molecule has 120 valence electrons. The fourth-order valence-electron chi connectivity index (χ4n) is 1.91. The average Bonchev–Trinajstić information content (AvgIpc) is 2.58. The maximum atomic E-state index is 11.9. The van der Waals surface area contributed by atoms with Crippen molar-refractivity contribution in [2.45, 2.75) is 6.92 Å². The maximum absolute atomic E-state index is 11.9. The Labute approximate surface area is 143 Å². The normalized spacial score (nSPS) is 11.0. The van der Waals surface area contributed by atoms with Gasteiger partial charge in [-0.25, -0.2) is 5.43 Å². The van der Waals surface area contributed by atoms with Gasteiger partial charge in [0.05, 0.1) is 25.1 Å². The number of hydrazone groups is 1. The summed E-state index contributed by atoms with van der Waals surface area (Å²) in [5.74, 6) is 0.460. The number of hydrogen-bond donors (Lipinski definition) is 2. The van der Waals surface area contributed by atoms with Crippen molar-refractivity contribution in [2.24, 2.45) is 5.10 Å². The summed E-state index contributed by atoms with van der Waals surface area (Å²) in [6.07, 6.45) is 0. The summed E-state index contributed by atoms with van der Waals surface area (Å²) in [5, 5.41) is 7.13. The van der Waals surface area contributed by atoms with E-state index in [1.807, 2.05) is 55.5 Å². The molecule has 2 aromatic carbocycles. The number of halogens is 1. The molecule has 0 saturated carbocycles.